The topological polar surface area (TPSA) is 115 Å². The Hall–Kier alpha value is -3.31. The van der Waals surface area contributed by atoms with E-state index in [-0.39, 0.29) is 10.6 Å². The Balaban J connectivity index is 1.73. The molecule has 1 atom stereocenters. The van der Waals surface area contributed by atoms with Crippen molar-refractivity contribution in [1.82, 2.24) is 10.2 Å². The number of hydrogen-bond donors (Lipinski definition) is 2. The summed E-state index contributed by atoms with van der Waals surface area (Å²) in [4.78, 5) is 38.0. The monoisotopic (exact) mass is 386 g/mol. The summed E-state index contributed by atoms with van der Waals surface area (Å²) in [7, 11) is 0. The Labute approximate surface area is 159 Å². The van der Waals surface area contributed by atoms with Crippen molar-refractivity contribution in [1.29, 1.82) is 5.26 Å². The molecule has 2 aromatic rings. The van der Waals surface area contributed by atoms with Gasteiger partial charge in [-0.2, -0.15) is 5.26 Å². The van der Waals surface area contributed by atoms with Crippen molar-refractivity contribution in [2.45, 2.75) is 19.4 Å². The van der Waals surface area contributed by atoms with Crippen LogP contribution in [-0.2, 0) is 15.1 Å². The van der Waals surface area contributed by atoms with Crippen LogP contribution in [0.2, 0.25) is 5.02 Å². The molecule has 8 nitrogen and oxygen atoms in total. The van der Waals surface area contributed by atoms with Crippen molar-refractivity contribution in [3.63, 3.8) is 0 Å². The number of carbonyl (C=O) groups is 3. The summed E-state index contributed by atoms with van der Waals surface area (Å²) in [5.41, 5.74) is -0.752. The molecule has 1 fully saturated rings. The zero-order chi connectivity index (χ0) is 19.8. The number of benzene rings is 1. The van der Waals surface area contributed by atoms with Crippen molar-refractivity contribution in [3.05, 3.63) is 52.4 Å². The van der Waals surface area contributed by atoms with Crippen molar-refractivity contribution in [2.24, 2.45) is 0 Å². The van der Waals surface area contributed by atoms with Gasteiger partial charge in [-0.15, -0.1) is 0 Å². The van der Waals surface area contributed by atoms with Crippen LogP contribution in [-0.4, -0.2) is 29.3 Å². The molecule has 9 heteroatoms. The van der Waals surface area contributed by atoms with E-state index in [0.717, 1.165) is 4.90 Å². The summed E-state index contributed by atoms with van der Waals surface area (Å²) in [6.07, 6.45) is 0. The zero-order valence-electron chi connectivity index (χ0n) is 14.5. The number of furan rings is 1. The van der Waals surface area contributed by atoms with E-state index in [9.17, 15) is 14.4 Å². The maximum atomic E-state index is 12.7. The SMILES string of the molecule is Cc1ccc(C2(C)NC(=O)N(CC(=O)Nc3ccc(C#N)c(Cl)c3)C2=O)o1. The Kier molecular flexibility index (Phi) is 4.64. The van der Waals surface area contributed by atoms with Crippen molar-refractivity contribution >= 4 is 35.1 Å². The van der Waals surface area contributed by atoms with Crippen LogP contribution in [0.4, 0.5) is 10.5 Å². The Morgan fingerprint density at radius 1 is 1.37 bits per heavy atom. The van der Waals surface area contributed by atoms with Crippen LogP contribution in [0.1, 0.15) is 24.0 Å². The van der Waals surface area contributed by atoms with E-state index in [0.29, 0.717) is 17.2 Å². The van der Waals surface area contributed by atoms with Gasteiger partial charge >= 0.3 is 6.03 Å². The molecule has 0 saturated carbocycles. The molecule has 2 heterocycles. The maximum Gasteiger partial charge on any atom is 0.325 e. The van der Waals surface area contributed by atoms with Crippen molar-refractivity contribution in [3.8, 4) is 6.07 Å². The number of aryl methyl sites for hydroxylation is 1. The normalized spacial score (nSPS) is 19.0. The molecule has 0 radical (unpaired) electrons. The Morgan fingerprint density at radius 3 is 2.70 bits per heavy atom. The maximum absolute atomic E-state index is 12.7. The first-order valence-electron chi connectivity index (χ1n) is 7.95. The molecule has 1 aromatic carbocycles. The predicted molar refractivity (Wildman–Crippen MR) is 95.8 cm³/mol. The van der Waals surface area contributed by atoms with E-state index in [1.54, 1.807) is 19.1 Å². The minimum atomic E-state index is -1.37. The van der Waals surface area contributed by atoms with Gasteiger partial charge in [0, 0.05) is 5.69 Å². The van der Waals surface area contributed by atoms with Gasteiger partial charge in [-0.25, -0.2) is 4.79 Å². The minimum absolute atomic E-state index is 0.186. The van der Waals surface area contributed by atoms with E-state index < -0.39 is 29.9 Å². The smallest absolute Gasteiger partial charge is 0.325 e. The van der Waals surface area contributed by atoms with Crippen molar-refractivity contribution in [2.75, 3.05) is 11.9 Å². The number of nitrogens with one attached hydrogen (secondary N) is 2. The summed E-state index contributed by atoms with van der Waals surface area (Å²) in [5, 5.41) is 14.2. The number of anilines is 1. The second-order valence-electron chi connectivity index (χ2n) is 6.21. The van der Waals surface area contributed by atoms with Crippen molar-refractivity contribution < 1.29 is 18.8 Å². The molecule has 0 spiro atoms. The number of carbonyl (C=O) groups excluding carboxylic acids is 3. The molecule has 0 aliphatic carbocycles. The average molecular weight is 387 g/mol. The molecular formula is C18H15ClN4O4. The van der Waals surface area contributed by atoms with Gasteiger partial charge in [-0.05, 0) is 44.2 Å². The van der Waals surface area contributed by atoms with Gasteiger partial charge in [-0.3, -0.25) is 14.5 Å². The highest BCUT2D eigenvalue weighted by atomic mass is 35.5. The lowest BCUT2D eigenvalue weighted by atomic mass is 9.99. The molecule has 1 saturated heterocycles. The third kappa shape index (κ3) is 3.37. The highest BCUT2D eigenvalue weighted by molar-refractivity contribution is 6.32. The molecule has 4 amide bonds. The number of imide groups is 1. The molecule has 3 rings (SSSR count). The second kappa shape index (κ2) is 6.78. The van der Waals surface area contributed by atoms with Crippen LogP contribution in [0.3, 0.4) is 0 Å². The summed E-state index contributed by atoms with van der Waals surface area (Å²) in [5.74, 6) is -0.281. The van der Waals surface area contributed by atoms with E-state index in [1.807, 2.05) is 6.07 Å². The van der Waals surface area contributed by atoms with Gasteiger partial charge in [0.25, 0.3) is 5.91 Å². The molecular weight excluding hydrogens is 372 g/mol. The van der Waals surface area contributed by atoms with Gasteiger partial charge in [0.2, 0.25) is 5.91 Å². The molecule has 27 heavy (non-hydrogen) atoms. The van der Waals surface area contributed by atoms with Gasteiger partial charge in [0.05, 0.1) is 10.6 Å². The van der Waals surface area contributed by atoms with Gasteiger partial charge in [-0.1, -0.05) is 11.6 Å². The number of rotatable bonds is 4. The largest absolute Gasteiger partial charge is 0.463 e. The second-order valence-corrected chi connectivity index (χ2v) is 6.62. The number of nitriles is 1. The van der Waals surface area contributed by atoms with Crippen LogP contribution in [0.5, 0.6) is 0 Å². The first kappa shape index (κ1) is 18.5. The third-order valence-electron chi connectivity index (χ3n) is 4.18. The molecule has 2 N–H and O–H groups in total. The standard InChI is InChI=1S/C18H15ClN4O4/c1-10-3-6-14(27-10)18(2)16(25)23(17(26)22-18)9-15(24)21-12-5-4-11(8-20)13(19)7-12/h3-7H,9H2,1-2H3,(H,21,24)(H,22,26). The summed E-state index contributed by atoms with van der Waals surface area (Å²) in [6.45, 7) is 2.77. The van der Waals surface area contributed by atoms with E-state index in [2.05, 4.69) is 10.6 Å². The number of halogens is 1. The summed E-state index contributed by atoms with van der Waals surface area (Å²) >= 11 is 5.92. The van der Waals surface area contributed by atoms with Gasteiger partial charge < -0.3 is 15.1 Å². The van der Waals surface area contributed by atoms with Crippen LogP contribution < -0.4 is 10.6 Å². The first-order valence-corrected chi connectivity index (χ1v) is 8.33. The number of nitrogens with zero attached hydrogens (tertiary/aromatic N) is 2. The lowest BCUT2D eigenvalue weighted by molar-refractivity contribution is -0.134. The lowest BCUT2D eigenvalue weighted by Gasteiger charge is -2.19. The summed E-state index contributed by atoms with van der Waals surface area (Å²) in [6, 6.07) is 8.89. The molecule has 0 bridgehead atoms. The first-order chi connectivity index (χ1) is 12.7. The van der Waals surface area contributed by atoms with Crippen LogP contribution in [0.15, 0.2) is 34.7 Å². The third-order valence-corrected chi connectivity index (χ3v) is 4.50. The number of hydrogen-bond acceptors (Lipinski definition) is 5. The summed E-state index contributed by atoms with van der Waals surface area (Å²) < 4.78 is 5.47. The highest BCUT2D eigenvalue weighted by Gasteiger charge is 2.51. The molecule has 1 aromatic heterocycles. The van der Waals surface area contributed by atoms with Crippen LogP contribution in [0, 0.1) is 18.3 Å². The highest BCUT2D eigenvalue weighted by Crippen LogP contribution is 2.30. The predicted octanol–water partition coefficient (Wildman–Crippen LogP) is 2.52. The quantitative estimate of drug-likeness (QED) is 0.783. The fraction of sp³-hybridized carbons (Fsp3) is 0.222. The number of amides is 4. The van der Waals surface area contributed by atoms with Gasteiger partial charge in [0.15, 0.2) is 5.54 Å². The molecule has 138 valence electrons. The minimum Gasteiger partial charge on any atom is -0.463 e. The molecule has 1 aliphatic rings. The van der Waals surface area contributed by atoms with Crippen LogP contribution in [0.25, 0.3) is 0 Å². The molecule has 1 unspecified atom stereocenters. The van der Waals surface area contributed by atoms with Crippen LogP contribution >= 0.6 is 11.6 Å². The zero-order valence-corrected chi connectivity index (χ0v) is 15.3. The Morgan fingerprint density at radius 2 is 2.11 bits per heavy atom. The van der Waals surface area contributed by atoms with E-state index in [1.165, 1.54) is 25.1 Å². The fourth-order valence-corrected chi connectivity index (χ4v) is 2.96. The van der Waals surface area contributed by atoms with E-state index in [4.69, 9.17) is 21.3 Å². The average Bonchev–Trinajstić information content (AvgIpc) is 3.13. The lowest BCUT2D eigenvalue weighted by Crippen LogP contribution is -2.41. The van der Waals surface area contributed by atoms with E-state index >= 15 is 0 Å². The van der Waals surface area contributed by atoms with Gasteiger partial charge in [0.1, 0.15) is 24.1 Å². The number of urea groups is 1. The Bertz CT molecular complexity index is 993. The fourth-order valence-electron chi connectivity index (χ4n) is 2.74. The molecule has 1 aliphatic heterocycles.